The van der Waals surface area contributed by atoms with Crippen LogP contribution in [0.2, 0.25) is 0 Å². The molecule has 0 saturated heterocycles. The van der Waals surface area contributed by atoms with E-state index in [9.17, 15) is 0 Å². The van der Waals surface area contributed by atoms with Crippen molar-refractivity contribution in [3.63, 3.8) is 0 Å². The number of nitrogens with one attached hydrogen (secondary N) is 2. The van der Waals surface area contributed by atoms with Crippen molar-refractivity contribution in [2.45, 2.75) is 0 Å². The summed E-state index contributed by atoms with van der Waals surface area (Å²) < 4.78 is 3.69. The average Bonchev–Trinajstić information content (AvgIpc) is 3.05. The Morgan fingerprint density at radius 2 is 1.95 bits per heavy atom. The molecule has 3 rings (SSSR count). The third-order valence-corrected chi connectivity index (χ3v) is 3.24. The highest BCUT2D eigenvalue weighted by molar-refractivity contribution is 5.74. The number of rotatable bonds is 5. The predicted octanol–water partition coefficient (Wildman–Crippen LogP) is 1.37. The molecule has 0 aliphatic heterocycles. The summed E-state index contributed by atoms with van der Waals surface area (Å²) in [6.45, 7) is 1.80. The summed E-state index contributed by atoms with van der Waals surface area (Å²) in [7, 11) is 3.86. The van der Waals surface area contributed by atoms with Gasteiger partial charge in [0.05, 0.1) is 23.6 Å². The zero-order valence-corrected chi connectivity index (χ0v) is 11.7. The highest BCUT2D eigenvalue weighted by Crippen LogP contribution is 2.22. The molecule has 2 N–H and O–H groups in total. The fourth-order valence-corrected chi connectivity index (χ4v) is 2.18. The van der Waals surface area contributed by atoms with E-state index in [1.807, 2.05) is 43.4 Å². The van der Waals surface area contributed by atoms with E-state index in [-0.39, 0.29) is 0 Å². The third kappa shape index (κ3) is 2.37. The molecule has 0 atom stereocenters. The van der Waals surface area contributed by atoms with Crippen molar-refractivity contribution < 1.29 is 0 Å². The Labute approximate surface area is 117 Å². The highest BCUT2D eigenvalue weighted by atomic mass is 15.2. The van der Waals surface area contributed by atoms with Crippen molar-refractivity contribution >= 4 is 11.2 Å². The second-order valence-electron chi connectivity index (χ2n) is 4.74. The van der Waals surface area contributed by atoms with Crippen molar-refractivity contribution in [3.8, 4) is 11.1 Å². The van der Waals surface area contributed by atoms with Crippen LogP contribution in [0, 0.1) is 0 Å². The molecule has 0 bridgehead atoms. The summed E-state index contributed by atoms with van der Waals surface area (Å²) in [5.41, 5.74) is 4.33. The molecule has 0 fully saturated rings. The van der Waals surface area contributed by atoms with Gasteiger partial charge in [-0.2, -0.15) is 10.2 Å². The van der Waals surface area contributed by atoms with Gasteiger partial charge in [-0.3, -0.25) is 4.68 Å². The predicted molar refractivity (Wildman–Crippen MR) is 79.8 cm³/mol. The van der Waals surface area contributed by atoms with Gasteiger partial charge in [-0.25, -0.2) is 4.52 Å². The zero-order chi connectivity index (χ0) is 13.9. The Hall–Kier alpha value is -2.34. The average molecular weight is 270 g/mol. The molecule has 3 aromatic heterocycles. The lowest BCUT2D eigenvalue weighted by Crippen LogP contribution is -2.17. The van der Waals surface area contributed by atoms with Crippen LogP contribution in [-0.4, -0.2) is 39.5 Å². The fraction of sp³-hybridized carbons (Fsp3) is 0.286. The largest absolute Gasteiger partial charge is 0.381 e. The molecular formula is C14H18N6. The van der Waals surface area contributed by atoms with Gasteiger partial charge in [-0.05, 0) is 13.1 Å². The van der Waals surface area contributed by atoms with Crippen LogP contribution in [0.25, 0.3) is 16.6 Å². The summed E-state index contributed by atoms with van der Waals surface area (Å²) in [6, 6.07) is 4.17. The van der Waals surface area contributed by atoms with Crippen LogP contribution < -0.4 is 10.6 Å². The molecule has 0 amide bonds. The van der Waals surface area contributed by atoms with Crippen LogP contribution in [-0.2, 0) is 7.05 Å². The maximum atomic E-state index is 4.40. The van der Waals surface area contributed by atoms with Crippen LogP contribution >= 0.6 is 0 Å². The summed E-state index contributed by atoms with van der Waals surface area (Å²) in [5.74, 6) is 0. The number of pyridine rings is 1. The number of fused-ring (bicyclic) bond motifs is 1. The second kappa shape index (κ2) is 5.34. The topological polar surface area (TPSA) is 59.2 Å². The first-order valence-electron chi connectivity index (χ1n) is 6.63. The van der Waals surface area contributed by atoms with Gasteiger partial charge >= 0.3 is 0 Å². The molecule has 6 nitrogen and oxygen atoms in total. The summed E-state index contributed by atoms with van der Waals surface area (Å²) in [6.07, 6.45) is 7.74. The SMILES string of the molecule is CNCCNc1cnn2cc(-c3cnn(C)c3)ccc12. The molecule has 0 saturated carbocycles. The maximum Gasteiger partial charge on any atom is 0.0893 e. The Bertz CT molecular complexity index is 711. The second-order valence-corrected chi connectivity index (χ2v) is 4.74. The zero-order valence-electron chi connectivity index (χ0n) is 11.7. The van der Waals surface area contributed by atoms with E-state index in [2.05, 4.69) is 33.0 Å². The van der Waals surface area contributed by atoms with E-state index in [1.165, 1.54) is 0 Å². The lowest BCUT2D eigenvalue weighted by molar-refractivity contribution is 0.768. The van der Waals surface area contributed by atoms with Crippen LogP contribution in [0.15, 0.2) is 36.9 Å². The lowest BCUT2D eigenvalue weighted by Gasteiger charge is -2.04. The molecule has 0 aliphatic carbocycles. The smallest absolute Gasteiger partial charge is 0.0893 e. The summed E-state index contributed by atoms with van der Waals surface area (Å²) in [4.78, 5) is 0. The summed E-state index contributed by atoms with van der Waals surface area (Å²) in [5, 5.41) is 15.1. The first kappa shape index (κ1) is 12.7. The van der Waals surface area contributed by atoms with E-state index < -0.39 is 0 Å². The normalized spacial score (nSPS) is 11.1. The van der Waals surface area contributed by atoms with E-state index >= 15 is 0 Å². The number of hydrogen-bond acceptors (Lipinski definition) is 4. The minimum absolute atomic E-state index is 0.877. The Morgan fingerprint density at radius 1 is 1.05 bits per heavy atom. The standard InChI is InChI=1S/C14H18N6/c1-15-5-6-16-13-8-18-20-10-11(3-4-14(13)20)12-7-17-19(2)9-12/h3-4,7-10,15-16H,5-6H2,1-2H3. The van der Waals surface area contributed by atoms with E-state index in [4.69, 9.17) is 0 Å². The lowest BCUT2D eigenvalue weighted by atomic mass is 10.1. The van der Waals surface area contributed by atoms with Crippen molar-refractivity contribution in [2.24, 2.45) is 7.05 Å². The monoisotopic (exact) mass is 270 g/mol. The van der Waals surface area contributed by atoms with Gasteiger partial charge in [0, 0.05) is 43.7 Å². The Balaban J connectivity index is 1.89. The van der Waals surface area contributed by atoms with Crippen LogP contribution in [0.1, 0.15) is 0 Å². The minimum Gasteiger partial charge on any atom is -0.381 e. The van der Waals surface area contributed by atoms with Gasteiger partial charge in [0.25, 0.3) is 0 Å². The number of aryl methyl sites for hydroxylation is 1. The van der Waals surface area contributed by atoms with E-state index in [0.29, 0.717) is 0 Å². The van der Waals surface area contributed by atoms with Crippen molar-refractivity contribution in [3.05, 3.63) is 36.9 Å². The number of likely N-dealkylation sites (N-methyl/N-ethyl adjacent to an activating group) is 1. The molecule has 0 aromatic carbocycles. The van der Waals surface area contributed by atoms with Crippen molar-refractivity contribution in [1.29, 1.82) is 0 Å². The molecule has 20 heavy (non-hydrogen) atoms. The molecule has 6 heteroatoms. The van der Waals surface area contributed by atoms with Gasteiger partial charge in [0.2, 0.25) is 0 Å². The highest BCUT2D eigenvalue weighted by Gasteiger charge is 2.06. The van der Waals surface area contributed by atoms with Crippen LogP contribution in [0.4, 0.5) is 5.69 Å². The maximum absolute atomic E-state index is 4.40. The molecule has 0 radical (unpaired) electrons. The van der Waals surface area contributed by atoms with Crippen LogP contribution in [0.5, 0.6) is 0 Å². The van der Waals surface area contributed by atoms with E-state index in [1.54, 1.807) is 4.68 Å². The molecule has 0 unspecified atom stereocenters. The first-order chi connectivity index (χ1) is 9.78. The molecule has 104 valence electrons. The molecule has 3 aromatic rings. The minimum atomic E-state index is 0.877. The molecule has 3 heterocycles. The Morgan fingerprint density at radius 3 is 2.70 bits per heavy atom. The molecular weight excluding hydrogens is 252 g/mol. The van der Waals surface area contributed by atoms with Gasteiger partial charge in [-0.15, -0.1) is 0 Å². The number of hydrogen-bond donors (Lipinski definition) is 2. The van der Waals surface area contributed by atoms with Gasteiger partial charge in [0.15, 0.2) is 0 Å². The van der Waals surface area contributed by atoms with Crippen LogP contribution in [0.3, 0.4) is 0 Å². The Kier molecular flexibility index (Phi) is 3.39. The first-order valence-corrected chi connectivity index (χ1v) is 6.63. The molecule has 0 aliphatic rings. The number of anilines is 1. The van der Waals surface area contributed by atoms with Crippen molar-refractivity contribution in [2.75, 3.05) is 25.5 Å². The number of nitrogens with zero attached hydrogens (tertiary/aromatic N) is 4. The molecule has 0 spiro atoms. The van der Waals surface area contributed by atoms with Crippen molar-refractivity contribution in [1.82, 2.24) is 24.7 Å². The summed E-state index contributed by atoms with van der Waals surface area (Å²) >= 11 is 0. The number of aromatic nitrogens is 4. The van der Waals surface area contributed by atoms with Gasteiger partial charge in [0.1, 0.15) is 0 Å². The fourth-order valence-electron chi connectivity index (χ4n) is 2.18. The van der Waals surface area contributed by atoms with E-state index in [0.717, 1.165) is 35.4 Å². The third-order valence-electron chi connectivity index (χ3n) is 3.24. The van der Waals surface area contributed by atoms with Gasteiger partial charge in [-0.1, -0.05) is 6.07 Å². The van der Waals surface area contributed by atoms with Gasteiger partial charge < -0.3 is 10.6 Å². The quantitative estimate of drug-likeness (QED) is 0.687.